The van der Waals surface area contributed by atoms with E-state index in [0.29, 0.717) is 18.2 Å². The summed E-state index contributed by atoms with van der Waals surface area (Å²) in [6, 6.07) is 22.2. The maximum Gasteiger partial charge on any atom is 0.308 e. The molecular weight excluding hydrogens is 524 g/mol. The Morgan fingerprint density at radius 1 is 1.10 bits per heavy atom. The van der Waals surface area contributed by atoms with Gasteiger partial charge in [0.05, 0.1) is 6.10 Å². The first-order valence-electron chi connectivity index (χ1n) is 15.2. The van der Waals surface area contributed by atoms with Gasteiger partial charge in [0, 0.05) is 56.6 Å². The molecule has 0 N–H and O–H groups in total. The summed E-state index contributed by atoms with van der Waals surface area (Å²) in [4.78, 5) is 30.7. The van der Waals surface area contributed by atoms with Crippen LogP contribution in [-0.2, 0) is 14.9 Å². The molecule has 6 heteroatoms. The van der Waals surface area contributed by atoms with Crippen molar-refractivity contribution in [1.29, 1.82) is 0 Å². The minimum Gasteiger partial charge on any atom is -0.427 e. The van der Waals surface area contributed by atoms with Gasteiger partial charge in [-0.15, -0.1) is 6.58 Å². The summed E-state index contributed by atoms with van der Waals surface area (Å²) in [6.07, 6.45) is 4.46. The largest absolute Gasteiger partial charge is 0.427 e. The van der Waals surface area contributed by atoms with Crippen LogP contribution in [0, 0.1) is 11.8 Å². The summed E-state index contributed by atoms with van der Waals surface area (Å²) < 4.78 is 11.8. The number of carbonyl (C=O) groups is 2. The Labute approximate surface area is 250 Å². The zero-order valence-electron chi connectivity index (χ0n) is 25.4. The van der Waals surface area contributed by atoms with Gasteiger partial charge >= 0.3 is 5.97 Å². The third-order valence-corrected chi connectivity index (χ3v) is 9.21. The highest BCUT2D eigenvalue weighted by Crippen LogP contribution is 2.51. The molecule has 1 saturated carbocycles. The van der Waals surface area contributed by atoms with Crippen LogP contribution in [0.15, 0.2) is 79.4 Å². The number of hydrogen-bond acceptors (Lipinski definition) is 5. The highest BCUT2D eigenvalue weighted by molar-refractivity contribution is 5.98. The summed E-state index contributed by atoms with van der Waals surface area (Å²) >= 11 is 0. The molecular formula is C36H44N2O4. The van der Waals surface area contributed by atoms with Gasteiger partial charge in [-0.05, 0) is 72.3 Å². The van der Waals surface area contributed by atoms with E-state index in [1.807, 2.05) is 54.6 Å². The molecule has 42 heavy (non-hydrogen) atoms. The van der Waals surface area contributed by atoms with Crippen LogP contribution in [0.4, 0.5) is 0 Å². The van der Waals surface area contributed by atoms with E-state index >= 15 is 0 Å². The average molecular weight is 569 g/mol. The predicted molar refractivity (Wildman–Crippen MR) is 168 cm³/mol. The van der Waals surface area contributed by atoms with Gasteiger partial charge in [0.1, 0.15) is 5.75 Å². The lowest BCUT2D eigenvalue weighted by Gasteiger charge is -2.57. The lowest BCUT2D eigenvalue weighted by atomic mass is 9.56. The van der Waals surface area contributed by atoms with E-state index in [0.717, 1.165) is 60.8 Å². The Balaban J connectivity index is 1.56. The number of carbonyl (C=O) groups excluding carboxylic acids is 2. The summed E-state index contributed by atoms with van der Waals surface area (Å²) in [6.45, 7) is 13.1. The number of rotatable bonds is 9. The maximum absolute atomic E-state index is 14.3. The van der Waals surface area contributed by atoms with Crippen molar-refractivity contribution in [2.45, 2.75) is 57.6 Å². The zero-order chi connectivity index (χ0) is 29.9. The van der Waals surface area contributed by atoms with Crippen LogP contribution in [-0.4, -0.2) is 67.1 Å². The fourth-order valence-electron chi connectivity index (χ4n) is 7.39. The van der Waals surface area contributed by atoms with Crippen molar-refractivity contribution in [1.82, 2.24) is 9.80 Å². The van der Waals surface area contributed by atoms with Gasteiger partial charge in [-0.1, -0.05) is 62.4 Å². The summed E-state index contributed by atoms with van der Waals surface area (Å²) in [7, 11) is 1.80. The van der Waals surface area contributed by atoms with E-state index in [2.05, 4.69) is 48.4 Å². The number of likely N-dealkylation sites (tertiary alicyclic amines) is 1. The summed E-state index contributed by atoms with van der Waals surface area (Å²) in [5.41, 5.74) is 1.63. The van der Waals surface area contributed by atoms with Gasteiger partial charge in [0.25, 0.3) is 5.91 Å². The number of methoxy groups -OCH3 is 1. The lowest BCUT2D eigenvalue weighted by Crippen LogP contribution is -2.62. The number of ether oxygens (including phenoxy) is 2. The number of amides is 1. The standard InChI is InChI=1S/C36H44N2O4/c1-6-17-37-18-16-36(30-12-9-13-32(20-30)42-26(4)39)22-31(21-34(41-5)33(36)24-37)38(23-25(2)3)35(40)29-15-14-27-10-7-8-11-28(27)19-29/h6-15,19-20,25,31,33-34H,1,16-18,21-24H2,2-5H3/t31-,33-,34?,36-/m0/s1. The van der Waals surface area contributed by atoms with Crippen molar-refractivity contribution in [2.24, 2.45) is 11.8 Å². The molecule has 4 atom stereocenters. The first-order valence-corrected chi connectivity index (χ1v) is 15.2. The molecule has 1 heterocycles. The maximum atomic E-state index is 14.3. The summed E-state index contributed by atoms with van der Waals surface area (Å²) in [5.74, 6) is 0.828. The second kappa shape index (κ2) is 12.8. The highest BCUT2D eigenvalue weighted by atomic mass is 16.5. The Morgan fingerprint density at radius 3 is 2.60 bits per heavy atom. The van der Waals surface area contributed by atoms with Gasteiger partial charge in [0.2, 0.25) is 0 Å². The normalized spacial score (nSPS) is 24.3. The number of fused-ring (bicyclic) bond motifs is 2. The smallest absolute Gasteiger partial charge is 0.308 e. The second-order valence-electron chi connectivity index (χ2n) is 12.5. The monoisotopic (exact) mass is 568 g/mol. The SMILES string of the molecule is C=CCN1CC[C@@]2(c3cccc(OC(C)=O)c3)C[C@@H](N(CC(C)C)C(=O)c3ccc4ccccc4c3)CC(OC)[C@@H]2C1. The highest BCUT2D eigenvalue weighted by Gasteiger charge is 2.54. The molecule has 0 spiro atoms. The van der Waals surface area contributed by atoms with Crippen molar-refractivity contribution >= 4 is 22.6 Å². The van der Waals surface area contributed by atoms with Crippen molar-refractivity contribution in [3.05, 3.63) is 90.5 Å². The zero-order valence-corrected chi connectivity index (χ0v) is 25.4. The van der Waals surface area contributed by atoms with Crippen molar-refractivity contribution < 1.29 is 19.1 Å². The number of hydrogen-bond donors (Lipinski definition) is 0. The van der Waals surface area contributed by atoms with Crippen LogP contribution in [0.3, 0.4) is 0 Å². The fraction of sp³-hybridized carbons (Fsp3) is 0.444. The summed E-state index contributed by atoms with van der Waals surface area (Å²) in [5, 5.41) is 2.20. The van der Waals surface area contributed by atoms with Gasteiger partial charge in [-0.2, -0.15) is 0 Å². The Morgan fingerprint density at radius 2 is 1.88 bits per heavy atom. The van der Waals surface area contributed by atoms with Gasteiger partial charge in [-0.25, -0.2) is 0 Å². The molecule has 0 bridgehead atoms. The van der Waals surface area contributed by atoms with Crippen LogP contribution in [0.1, 0.15) is 56.0 Å². The molecule has 1 aliphatic heterocycles. The average Bonchev–Trinajstić information content (AvgIpc) is 2.98. The minimum absolute atomic E-state index is 0.00379. The molecule has 1 unspecified atom stereocenters. The number of esters is 1. The van der Waals surface area contributed by atoms with E-state index in [1.54, 1.807) is 7.11 Å². The van der Waals surface area contributed by atoms with E-state index in [9.17, 15) is 9.59 Å². The van der Waals surface area contributed by atoms with E-state index in [-0.39, 0.29) is 35.4 Å². The quantitative estimate of drug-likeness (QED) is 0.168. The van der Waals surface area contributed by atoms with E-state index in [1.165, 1.54) is 6.92 Å². The molecule has 3 aromatic carbocycles. The van der Waals surface area contributed by atoms with Crippen LogP contribution in [0.5, 0.6) is 5.75 Å². The second-order valence-corrected chi connectivity index (χ2v) is 12.5. The van der Waals surface area contributed by atoms with E-state index in [4.69, 9.17) is 9.47 Å². The van der Waals surface area contributed by atoms with Gasteiger partial charge < -0.3 is 14.4 Å². The fourth-order valence-corrected chi connectivity index (χ4v) is 7.39. The third kappa shape index (κ3) is 6.16. The Kier molecular flexibility index (Phi) is 9.14. The molecule has 0 radical (unpaired) electrons. The van der Waals surface area contributed by atoms with Gasteiger partial charge in [-0.3, -0.25) is 14.5 Å². The molecule has 222 valence electrons. The molecule has 1 amide bonds. The van der Waals surface area contributed by atoms with Crippen LogP contribution in [0.25, 0.3) is 10.8 Å². The lowest BCUT2D eigenvalue weighted by molar-refractivity contribution is -0.131. The predicted octanol–water partition coefficient (Wildman–Crippen LogP) is 6.49. The van der Waals surface area contributed by atoms with Crippen molar-refractivity contribution in [3.63, 3.8) is 0 Å². The van der Waals surface area contributed by atoms with Crippen molar-refractivity contribution in [3.8, 4) is 5.75 Å². The topological polar surface area (TPSA) is 59.1 Å². The molecule has 0 aromatic heterocycles. The molecule has 6 nitrogen and oxygen atoms in total. The first-order chi connectivity index (χ1) is 20.2. The van der Waals surface area contributed by atoms with E-state index < -0.39 is 0 Å². The van der Waals surface area contributed by atoms with Crippen LogP contribution in [0.2, 0.25) is 0 Å². The molecule has 1 aliphatic carbocycles. The Bertz CT molecular complexity index is 1430. The molecule has 2 fully saturated rings. The molecule has 1 saturated heterocycles. The minimum atomic E-state index is -0.331. The molecule has 3 aromatic rings. The molecule has 5 rings (SSSR count). The first kappa shape index (κ1) is 30.0. The van der Waals surface area contributed by atoms with Crippen LogP contribution < -0.4 is 4.74 Å². The number of piperidine rings is 1. The third-order valence-electron chi connectivity index (χ3n) is 9.21. The van der Waals surface area contributed by atoms with Crippen molar-refractivity contribution in [2.75, 3.05) is 33.3 Å². The van der Waals surface area contributed by atoms with Crippen LogP contribution >= 0.6 is 0 Å². The van der Waals surface area contributed by atoms with Gasteiger partial charge in [0.15, 0.2) is 0 Å². The Hall–Kier alpha value is -3.48. The number of nitrogens with zero attached hydrogens (tertiary/aromatic N) is 2. The number of benzene rings is 3. The molecule has 2 aliphatic rings.